The summed E-state index contributed by atoms with van der Waals surface area (Å²) in [5.41, 5.74) is 2.72. The normalized spacial score (nSPS) is 17.7. The molecular weight excluding hydrogens is 174 g/mol. The second kappa shape index (κ2) is 4.01. The molecule has 0 aliphatic carbocycles. The van der Waals surface area contributed by atoms with Gasteiger partial charge in [0.15, 0.2) is 0 Å². The van der Waals surface area contributed by atoms with Gasteiger partial charge < -0.3 is 10.0 Å². The summed E-state index contributed by atoms with van der Waals surface area (Å²) in [4.78, 5) is 2.30. The number of aliphatic hydroxyl groups is 1. The lowest BCUT2D eigenvalue weighted by Gasteiger charge is -2.35. The molecule has 76 valence electrons. The van der Waals surface area contributed by atoms with Gasteiger partial charge in [0, 0.05) is 18.3 Å². The van der Waals surface area contributed by atoms with Crippen LogP contribution < -0.4 is 4.90 Å². The van der Waals surface area contributed by atoms with Gasteiger partial charge in [-0.25, -0.2) is 0 Å². The van der Waals surface area contributed by atoms with Gasteiger partial charge >= 0.3 is 0 Å². The van der Waals surface area contributed by atoms with Crippen LogP contribution >= 0.6 is 0 Å². The number of para-hydroxylation sites is 1. The fourth-order valence-electron chi connectivity index (χ4n) is 2.12. The average molecular weight is 191 g/mol. The molecule has 0 aromatic heterocycles. The summed E-state index contributed by atoms with van der Waals surface area (Å²) in [6, 6.07) is 8.73. The zero-order valence-electron chi connectivity index (χ0n) is 8.61. The highest BCUT2D eigenvalue weighted by Gasteiger charge is 2.19. The van der Waals surface area contributed by atoms with E-state index in [0.29, 0.717) is 0 Å². The number of aryl methyl sites for hydroxylation is 1. The standard InChI is InChI=1S/C12H17NO/c1-10(9-14)13-8-4-6-11-5-2-3-7-12(11)13/h2-3,5,7,10,14H,4,6,8-9H2,1H3. The third-order valence-corrected chi connectivity index (χ3v) is 2.94. The quantitative estimate of drug-likeness (QED) is 0.770. The number of anilines is 1. The van der Waals surface area contributed by atoms with Gasteiger partial charge in [0.1, 0.15) is 0 Å². The van der Waals surface area contributed by atoms with Gasteiger partial charge in [-0.3, -0.25) is 0 Å². The van der Waals surface area contributed by atoms with E-state index in [9.17, 15) is 5.11 Å². The predicted molar refractivity (Wildman–Crippen MR) is 58.7 cm³/mol. The number of hydrogen-bond donors (Lipinski definition) is 1. The number of rotatable bonds is 2. The molecule has 0 bridgehead atoms. The van der Waals surface area contributed by atoms with E-state index in [1.54, 1.807) is 0 Å². The van der Waals surface area contributed by atoms with Crippen LogP contribution in [0, 0.1) is 0 Å². The van der Waals surface area contributed by atoms with Crippen LogP contribution in [0.4, 0.5) is 5.69 Å². The lowest BCUT2D eigenvalue weighted by Crippen LogP contribution is -2.39. The van der Waals surface area contributed by atoms with Crippen molar-refractivity contribution in [2.24, 2.45) is 0 Å². The van der Waals surface area contributed by atoms with E-state index < -0.39 is 0 Å². The molecule has 1 aliphatic heterocycles. The summed E-state index contributed by atoms with van der Waals surface area (Å²) in [7, 11) is 0. The molecule has 1 heterocycles. The molecule has 1 unspecified atom stereocenters. The fraction of sp³-hybridized carbons (Fsp3) is 0.500. The van der Waals surface area contributed by atoms with Crippen molar-refractivity contribution in [3.8, 4) is 0 Å². The van der Waals surface area contributed by atoms with Gasteiger partial charge in [0.2, 0.25) is 0 Å². The molecule has 2 rings (SSSR count). The van der Waals surface area contributed by atoms with Gasteiger partial charge in [-0.15, -0.1) is 0 Å². The smallest absolute Gasteiger partial charge is 0.0632 e. The number of benzene rings is 1. The molecule has 0 saturated carbocycles. The summed E-state index contributed by atoms with van der Waals surface area (Å²) in [6.07, 6.45) is 2.37. The molecule has 1 aliphatic rings. The van der Waals surface area contributed by atoms with Gasteiger partial charge in [0.05, 0.1) is 6.61 Å². The van der Waals surface area contributed by atoms with Gasteiger partial charge in [0.25, 0.3) is 0 Å². The first-order valence-electron chi connectivity index (χ1n) is 5.28. The van der Waals surface area contributed by atoms with Crippen molar-refractivity contribution in [3.05, 3.63) is 29.8 Å². The molecular formula is C12H17NO. The van der Waals surface area contributed by atoms with E-state index in [2.05, 4.69) is 36.1 Å². The second-order valence-corrected chi connectivity index (χ2v) is 3.96. The van der Waals surface area contributed by atoms with E-state index in [-0.39, 0.29) is 12.6 Å². The van der Waals surface area contributed by atoms with Gasteiger partial charge in [-0.05, 0) is 31.4 Å². The molecule has 0 spiro atoms. The number of aliphatic hydroxyl groups excluding tert-OH is 1. The minimum Gasteiger partial charge on any atom is -0.394 e. The molecule has 0 amide bonds. The van der Waals surface area contributed by atoms with Crippen molar-refractivity contribution in [2.45, 2.75) is 25.8 Å². The lowest BCUT2D eigenvalue weighted by molar-refractivity contribution is 0.265. The van der Waals surface area contributed by atoms with Gasteiger partial charge in [-0.2, -0.15) is 0 Å². The summed E-state index contributed by atoms with van der Waals surface area (Å²) in [5, 5.41) is 9.17. The van der Waals surface area contributed by atoms with E-state index >= 15 is 0 Å². The Morgan fingerprint density at radius 2 is 2.21 bits per heavy atom. The SMILES string of the molecule is CC(CO)N1CCCc2ccccc21. The molecule has 1 aromatic rings. The zero-order valence-corrected chi connectivity index (χ0v) is 8.61. The molecule has 0 fully saturated rings. The first-order chi connectivity index (χ1) is 6.83. The zero-order chi connectivity index (χ0) is 9.97. The molecule has 0 saturated heterocycles. The maximum absolute atomic E-state index is 9.17. The molecule has 2 heteroatoms. The van der Waals surface area contributed by atoms with Crippen LogP contribution in [0.3, 0.4) is 0 Å². The van der Waals surface area contributed by atoms with E-state index in [1.807, 2.05) is 0 Å². The summed E-state index contributed by atoms with van der Waals surface area (Å²) in [6.45, 7) is 3.37. The highest BCUT2D eigenvalue weighted by atomic mass is 16.3. The maximum Gasteiger partial charge on any atom is 0.0632 e. The maximum atomic E-state index is 9.17. The van der Waals surface area contributed by atoms with E-state index in [1.165, 1.54) is 24.1 Å². The Balaban J connectivity index is 2.30. The van der Waals surface area contributed by atoms with Crippen LogP contribution in [0.1, 0.15) is 18.9 Å². The van der Waals surface area contributed by atoms with Crippen LogP contribution in [0.15, 0.2) is 24.3 Å². The Morgan fingerprint density at radius 1 is 1.43 bits per heavy atom. The Labute approximate surface area is 85.2 Å². The van der Waals surface area contributed by atoms with Crippen molar-refractivity contribution < 1.29 is 5.11 Å². The summed E-state index contributed by atoms with van der Waals surface area (Å²) in [5.74, 6) is 0. The molecule has 1 aromatic carbocycles. The van der Waals surface area contributed by atoms with Crippen molar-refractivity contribution in [1.29, 1.82) is 0 Å². The Kier molecular flexibility index (Phi) is 2.73. The third kappa shape index (κ3) is 1.62. The van der Waals surface area contributed by atoms with Crippen molar-refractivity contribution in [3.63, 3.8) is 0 Å². The summed E-state index contributed by atoms with van der Waals surface area (Å²) < 4.78 is 0. The van der Waals surface area contributed by atoms with Gasteiger partial charge in [-0.1, -0.05) is 18.2 Å². The molecule has 1 N–H and O–H groups in total. The van der Waals surface area contributed by atoms with E-state index in [4.69, 9.17) is 0 Å². The average Bonchev–Trinajstić information content (AvgIpc) is 2.27. The predicted octanol–water partition coefficient (Wildman–Crippen LogP) is 1.82. The van der Waals surface area contributed by atoms with Crippen LogP contribution in [-0.4, -0.2) is 24.3 Å². The molecule has 1 atom stereocenters. The van der Waals surface area contributed by atoms with Crippen molar-refractivity contribution in [1.82, 2.24) is 0 Å². The molecule has 14 heavy (non-hydrogen) atoms. The first kappa shape index (κ1) is 9.53. The minimum atomic E-state index is 0.230. The molecule has 0 radical (unpaired) electrons. The fourth-order valence-corrected chi connectivity index (χ4v) is 2.12. The van der Waals surface area contributed by atoms with Crippen molar-refractivity contribution >= 4 is 5.69 Å². The number of fused-ring (bicyclic) bond motifs is 1. The van der Waals surface area contributed by atoms with Crippen molar-refractivity contribution in [2.75, 3.05) is 18.1 Å². The Hall–Kier alpha value is -1.02. The first-order valence-corrected chi connectivity index (χ1v) is 5.28. The van der Waals surface area contributed by atoms with Crippen LogP contribution in [0.25, 0.3) is 0 Å². The minimum absolute atomic E-state index is 0.230. The molecule has 2 nitrogen and oxygen atoms in total. The second-order valence-electron chi connectivity index (χ2n) is 3.96. The Bertz CT molecular complexity index is 311. The number of nitrogens with zero attached hydrogens (tertiary/aromatic N) is 1. The highest BCUT2D eigenvalue weighted by Crippen LogP contribution is 2.27. The number of hydrogen-bond acceptors (Lipinski definition) is 2. The van der Waals surface area contributed by atoms with E-state index in [0.717, 1.165) is 6.54 Å². The van der Waals surface area contributed by atoms with Crippen LogP contribution in [0.2, 0.25) is 0 Å². The highest BCUT2D eigenvalue weighted by molar-refractivity contribution is 5.56. The largest absolute Gasteiger partial charge is 0.394 e. The lowest BCUT2D eigenvalue weighted by atomic mass is 10.0. The third-order valence-electron chi connectivity index (χ3n) is 2.94. The van der Waals surface area contributed by atoms with Crippen LogP contribution in [-0.2, 0) is 6.42 Å². The Morgan fingerprint density at radius 3 is 3.00 bits per heavy atom. The van der Waals surface area contributed by atoms with Crippen LogP contribution in [0.5, 0.6) is 0 Å². The summed E-state index contributed by atoms with van der Waals surface area (Å²) >= 11 is 0. The monoisotopic (exact) mass is 191 g/mol. The topological polar surface area (TPSA) is 23.5 Å².